The smallest absolute Gasteiger partial charge is 0.233 e. The largest absolute Gasteiger partial charge is 0.357 e. The topological polar surface area (TPSA) is 74.3 Å². The third-order valence-electron chi connectivity index (χ3n) is 4.94. The van der Waals surface area contributed by atoms with E-state index in [1.807, 2.05) is 12.1 Å². The fourth-order valence-corrected chi connectivity index (χ4v) is 3.28. The van der Waals surface area contributed by atoms with Crippen LogP contribution in [-0.2, 0) is 16.1 Å². The number of amides is 2. The fourth-order valence-electron chi connectivity index (χ4n) is 3.28. The molecule has 1 aliphatic heterocycles. The summed E-state index contributed by atoms with van der Waals surface area (Å²) in [5, 5.41) is 5.72. The third-order valence-corrected chi connectivity index (χ3v) is 4.94. The molecule has 0 aliphatic carbocycles. The van der Waals surface area contributed by atoms with Crippen LogP contribution < -0.4 is 15.5 Å². The summed E-state index contributed by atoms with van der Waals surface area (Å²) in [6, 6.07) is 3.94. The zero-order valence-corrected chi connectivity index (χ0v) is 15.9. The monoisotopic (exact) mass is 346 g/mol. The lowest BCUT2D eigenvalue weighted by Gasteiger charge is -2.29. The van der Waals surface area contributed by atoms with Gasteiger partial charge in [-0.15, -0.1) is 0 Å². The first-order valence-corrected chi connectivity index (χ1v) is 9.03. The molecule has 6 nitrogen and oxygen atoms in total. The highest BCUT2D eigenvalue weighted by Gasteiger charge is 2.45. The standard InChI is InChI=1S/C19H30N4O2/c1-6-23(7-2)15-9-8-13(10-20-15)11-21-17(24)16-14(19(3,4)5)12-22-18(16)25/h8-10,14,16H,6-7,11-12H2,1-5H3,(H,21,24)(H,22,25)/t14-,16+/m1/s1. The van der Waals surface area contributed by atoms with Crippen LogP contribution in [0.1, 0.15) is 40.2 Å². The Labute approximate surface area is 150 Å². The summed E-state index contributed by atoms with van der Waals surface area (Å²) >= 11 is 0. The van der Waals surface area contributed by atoms with Crippen LogP contribution in [0, 0.1) is 17.3 Å². The van der Waals surface area contributed by atoms with Crippen LogP contribution in [0.4, 0.5) is 5.82 Å². The first-order chi connectivity index (χ1) is 11.8. The van der Waals surface area contributed by atoms with Gasteiger partial charge in [0.15, 0.2) is 0 Å². The van der Waals surface area contributed by atoms with Gasteiger partial charge in [0.05, 0.1) is 0 Å². The second-order valence-corrected chi connectivity index (χ2v) is 7.61. The van der Waals surface area contributed by atoms with Crippen molar-refractivity contribution in [1.29, 1.82) is 0 Å². The molecule has 0 radical (unpaired) electrons. The number of carbonyl (C=O) groups excluding carboxylic acids is 2. The van der Waals surface area contributed by atoms with Gasteiger partial charge in [0, 0.05) is 38.3 Å². The number of anilines is 1. The summed E-state index contributed by atoms with van der Waals surface area (Å²) in [5.74, 6) is -0.0655. The van der Waals surface area contributed by atoms with Gasteiger partial charge in [-0.25, -0.2) is 4.98 Å². The van der Waals surface area contributed by atoms with Gasteiger partial charge in [-0.3, -0.25) is 9.59 Å². The van der Waals surface area contributed by atoms with E-state index in [0.29, 0.717) is 13.1 Å². The predicted molar refractivity (Wildman–Crippen MR) is 99.1 cm³/mol. The molecular formula is C19H30N4O2. The molecule has 0 unspecified atom stereocenters. The SMILES string of the molecule is CCN(CC)c1ccc(CNC(=O)[C@H]2C(=O)NC[C@H]2C(C)(C)C)cn1. The van der Waals surface area contributed by atoms with Crippen molar-refractivity contribution in [1.82, 2.24) is 15.6 Å². The maximum atomic E-state index is 12.6. The van der Waals surface area contributed by atoms with E-state index in [1.54, 1.807) is 6.20 Å². The molecule has 6 heteroatoms. The van der Waals surface area contributed by atoms with E-state index >= 15 is 0 Å². The van der Waals surface area contributed by atoms with E-state index in [-0.39, 0.29) is 23.1 Å². The maximum absolute atomic E-state index is 12.6. The van der Waals surface area contributed by atoms with Gasteiger partial charge in [0.25, 0.3) is 0 Å². The molecule has 1 fully saturated rings. The lowest BCUT2D eigenvalue weighted by molar-refractivity contribution is -0.135. The Hall–Kier alpha value is -2.11. The molecule has 0 spiro atoms. The maximum Gasteiger partial charge on any atom is 0.233 e. The Morgan fingerprint density at radius 1 is 1.32 bits per heavy atom. The molecule has 0 aromatic carbocycles. The zero-order valence-electron chi connectivity index (χ0n) is 15.9. The molecule has 1 saturated heterocycles. The third kappa shape index (κ3) is 4.50. The summed E-state index contributed by atoms with van der Waals surface area (Å²) in [6.45, 7) is 13.1. The number of hydrogen-bond donors (Lipinski definition) is 2. The minimum atomic E-state index is -0.622. The summed E-state index contributed by atoms with van der Waals surface area (Å²) < 4.78 is 0. The zero-order chi connectivity index (χ0) is 18.6. The normalized spacial score (nSPS) is 20.3. The van der Waals surface area contributed by atoms with Crippen LogP contribution in [0.25, 0.3) is 0 Å². The molecule has 1 aliphatic rings. The van der Waals surface area contributed by atoms with E-state index in [0.717, 1.165) is 24.5 Å². The van der Waals surface area contributed by atoms with E-state index < -0.39 is 5.92 Å². The molecule has 1 aromatic heterocycles. The van der Waals surface area contributed by atoms with Crippen molar-refractivity contribution in [3.05, 3.63) is 23.9 Å². The molecule has 1 aromatic rings. The number of nitrogens with one attached hydrogen (secondary N) is 2. The molecule has 2 N–H and O–H groups in total. The number of pyridine rings is 1. The predicted octanol–water partition coefficient (Wildman–Crippen LogP) is 1.95. The Balaban J connectivity index is 1.98. The van der Waals surface area contributed by atoms with Gasteiger partial charge in [-0.1, -0.05) is 26.8 Å². The van der Waals surface area contributed by atoms with Gasteiger partial charge in [-0.05, 0) is 30.9 Å². The van der Waals surface area contributed by atoms with Crippen molar-refractivity contribution in [2.24, 2.45) is 17.3 Å². The molecule has 25 heavy (non-hydrogen) atoms. The number of carbonyl (C=O) groups is 2. The Bertz CT molecular complexity index is 603. The summed E-state index contributed by atoms with van der Waals surface area (Å²) in [6.07, 6.45) is 1.78. The number of nitrogens with zero attached hydrogens (tertiary/aromatic N) is 2. The first kappa shape index (κ1) is 19.2. The minimum absolute atomic E-state index is 0.00293. The molecular weight excluding hydrogens is 316 g/mol. The van der Waals surface area contributed by atoms with E-state index in [9.17, 15) is 9.59 Å². The van der Waals surface area contributed by atoms with Gasteiger partial charge in [0.1, 0.15) is 11.7 Å². The lowest BCUT2D eigenvalue weighted by atomic mass is 9.74. The van der Waals surface area contributed by atoms with Crippen molar-refractivity contribution in [3.63, 3.8) is 0 Å². The summed E-state index contributed by atoms with van der Waals surface area (Å²) in [5.41, 5.74) is 0.823. The van der Waals surface area contributed by atoms with Gasteiger partial charge in [-0.2, -0.15) is 0 Å². The molecule has 2 rings (SSSR count). The lowest BCUT2D eigenvalue weighted by Crippen LogP contribution is -2.40. The molecule has 0 bridgehead atoms. The van der Waals surface area contributed by atoms with Crippen LogP contribution in [-0.4, -0.2) is 36.4 Å². The highest BCUT2D eigenvalue weighted by atomic mass is 16.2. The molecule has 2 amide bonds. The Morgan fingerprint density at radius 2 is 2.00 bits per heavy atom. The summed E-state index contributed by atoms with van der Waals surface area (Å²) in [7, 11) is 0. The van der Waals surface area contributed by atoms with Gasteiger partial charge in [0.2, 0.25) is 11.8 Å². The van der Waals surface area contributed by atoms with Crippen molar-refractivity contribution >= 4 is 17.6 Å². The van der Waals surface area contributed by atoms with Crippen LogP contribution in [0.2, 0.25) is 0 Å². The molecule has 2 atom stereocenters. The van der Waals surface area contributed by atoms with Gasteiger partial charge >= 0.3 is 0 Å². The van der Waals surface area contributed by atoms with Crippen molar-refractivity contribution in [2.45, 2.75) is 41.2 Å². The van der Waals surface area contributed by atoms with E-state index in [1.165, 1.54) is 0 Å². The number of hydrogen-bond acceptors (Lipinski definition) is 4. The van der Waals surface area contributed by atoms with Crippen LogP contribution in [0.15, 0.2) is 18.3 Å². The molecule has 2 heterocycles. The number of rotatable bonds is 6. The molecule has 0 saturated carbocycles. The Morgan fingerprint density at radius 3 is 2.52 bits per heavy atom. The number of aromatic nitrogens is 1. The van der Waals surface area contributed by atoms with E-state index in [2.05, 4.69) is 55.1 Å². The Kier molecular flexibility index (Phi) is 6.03. The quantitative estimate of drug-likeness (QED) is 0.772. The van der Waals surface area contributed by atoms with Gasteiger partial charge < -0.3 is 15.5 Å². The van der Waals surface area contributed by atoms with Crippen molar-refractivity contribution in [2.75, 3.05) is 24.5 Å². The highest BCUT2D eigenvalue weighted by Crippen LogP contribution is 2.35. The molecule has 138 valence electrons. The second kappa shape index (κ2) is 7.85. The fraction of sp³-hybridized carbons (Fsp3) is 0.632. The minimum Gasteiger partial charge on any atom is -0.357 e. The van der Waals surface area contributed by atoms with Crippen LogP contribution >= 0.6 is 0 Å². The average molecular weight is 346 g/mol. The van der Waals surface area contributed by atoms with Crippen LogP contribution in [0.5, 0.6) is 0 Å². The average Bonchev–Trinajstić information content (AvgIpc) is 2.97. The first-order valence-electron chi connectivity index (χ1n) is 9.03. The van der Waals surface area contributed by atoms with Crippen molar-refractivity contribution in [3.8, 4) is 0 Å². The summed E-state index contributed by atoms with van der Waals surface area (Å²) in [4.78, 5) is 31.3. The van der Waals surface area contributed by atoms with Crippen LogP contribution in [0.3, 0.4) is 0 Å². The van der Waals surface area contributed by atoms with E-state index in [4.69, 9.17) is 0 Å². The second-order valence-electron chi connectivity index (χ2n) is 7.61. The highest BCUT2D eigenvalue weighted by molar-refractivity contribution is 6.02. The van der Waals surface area contributed by atoms with Crippen molar-refractivity contribution < 1.29 is 9.59 Å².